The quantitative estimate of drug-likeness (QED) is 0.717. The molecule has 1 aromatic rings. The number of ether oxygens (including phenoxy) is 1. The van der Waals surface area contributed by atoms with E-state index in [1.54, 1.807) is 0 Å². The van der Waals surface area contributed by atoms with Crippen molar-refractivity contribution in [1.82, 2.24) is 5.16 Å². The predicted octanol–water partition coefficient (Wildman–Crippen LogP) is 1.35. The molecule has 0 spiro atoms. The summed E-state index contributed by atoms with van der Waals surface area (Å²) in [6, 6.07) is 0. The fourth-order valence-corrected chi connectivity index (χ4v) is 0.891. The topological polar surface area (TPSA) is 61.3 Å². The number of anilines is 1. The highest BCUT2D eigenvalue weighted by Crippen LogP contribution is 2.21. The number of hydrogen-bond donors (Lipinski definition) is 1. The molecule has 0 aromatic carbocycles. The molecular weight excluding hydrogens is 144 g/mol. The summed E-state index contributed by atoms with van der Waals surface area (Å²) in [7, 11) is 0. The third kappa shape index (κ3) is 1.71. The second-order valence-corrected chi connectivity index (χ2v) is 2.24. The normalized spacial score (nSPS) is 13.3. The van der Waals surface area contributed by atoms with Gasteiger partial charge in [-0.3, -0.25) is 0 Å². The van der Waals surface area contributed by atoms with Crippen LogP contribution in [0, 0.1) is 0 Å². The molecule has 4 heteroatoms. The lowest BCUT2D eigenvalue weighted by molar-refractivity contribution is 0.0564. The molecule has 0 saturated carbocycles. The van der Waals surface area contributed by atoms with Crippen LogP contribution in [0.1, 0.15) is 25.7 Å². The molecular formula is C7H12N2O2. The van der Waals surface area contributed by atoms with E-state index < -0.39 is 0 Å². The van der Waals surface area contributed by atoms with Crippen molar-refractivity contribution in [2.45, 2.75) is 20.0 Å². The van der Waals surface area contributed by atoms with E-state index in [9.17, 15) is 0 Å². The summed E-state index contributed by atoms with van der Waals surface area (Å²) in [6.45, 7) is 4.44. The van der Waals surface area contributed by atoms with Gasteiger partial charge in [0.2, 0.25) is 0 Å². The molecule has 0 fully saturated rings. The van der Waals surface area contributed by atoms with E-state index in [4.69, 9.17) is 15.0 Å². The number of nitrogens with two attached hydrogens (primary N) is 1. The first-order valence-corrected chi connectivity index (χ1v) is 3.57. The van der Waals surface area contributed by atoms with Crippen LogP contribution in [0.5, 0.6) is 0 Å². The van der Waals surface area contributed by atoms with Crippen LogP contribution in [-0.4, -0.2) is 11.8 Å². The van der Waals surface area contributed by atoms with Gasteiger partial charge in [-0.2, -0.15) is 0 Å². The van der Waals surface area contributed by atoms with E-state index in [1.807, 2.05) is 13.8 Å². The Bertz CT molecular complexity index is 222. The number of rotatable bonds is 3. The molecule has 0 bridgehead atoms. The minimum Gasteiger partial charge on any atom is -0.394 e. The smallest absolute Gasteiger partial charge is 0.187 e. The van der Waals surface area contributed by atoms with Crippen molar-refractivity contribution in [3.8, 4) is 0 Å². The van der Waals surface area contributed by atoms with Crippen molar-refractivity contribution in [1.29, 1.82) is 0 Å². The zero-order chi connectivity index (χ0) is 8.27. The molecule has 1 atom stereocenters. The molecule has 1 rings (SSSR count). The molecule has 2 N–H and O–H groups in total. The number of nitrogen functional groups attached to an aromatic ring is 1. The summed E-state index contributed by atoms with van der Waals surface area (Å²) < 4.78 is 10.1. The molecule has 11 heavy (non-hydrogen) atoms. The SMILES string of the molecule is CCOC(C)c1oncc1N. The molecule has 1 aromatic heterocycles. The van der Waals surface area contributed by atoms with E-state index in [1.165, 1.54) is 6.20 Å². The van der Waals surface area contributed by atoms with Gasteiger partial charge in [0.1, 0.15) is 6.10 Å². The largest absolute Gasteiger partial charge is 0.394 e. The summed E-state index contributed by atoms with van der Waals surface area (Å²) >= 11 is 0. The van der Waals surface area contributed by atoms with Crippen LogP contribution < -0.4 is 5.73 Å². The van der Waals surface area contributed by atoms with E-state index in [-0.39, 0.29) is 6.10 Å². The monoisotopic (exact) mass is 156 g/mol. The lowest BCUT2D eigenvalue weighted by Crippen LogP contribution is -2.00. The molecule has 4 nitrogen and oxygen atoms in total. The van der Waals surface area contributed by atoms with Gasteiger partial charge in [0.05, 0.1) is 11.9 Å². The minimum absolute atomic E-state index is 0.109. The summed E-state index contributed by atoms with van der Waals surface area (Å²) in [6.07, 6.45) is 1.37. The molecule has 1 heterocycles. The van der Waals surface area contributed by atoms with Gasteiger partial charge in [-0.15, -0.1) is 0 Å². The maximum absolute atomic E-state index is 5.54. The van der Waals surface area contributed by atoms with Gasteiger partial charge in [-0.05, 0) is 13.8 Å². The van der Waals surface area contributed by atoms with Gasteiger partial charge in [-0.1, -0.05) is 5.16 Å². The first-order valence-electron chi connectivity index (χ1n) is 3.57. The van der Waals surface area contributed by atoms with Crippen LogP contribution in [0.25, 0.3) is 0 Å². The zero-order valence-corrected chi connectivity index (χ0v) is 6.70. The van der Waals surface area contributed by atoms with Crippen molar-refractivity contribution in [2.75, 3.05) is 12.3 Å². The van der Waals surface area contributed by atoms with Gasteiger partial charge in [0.15, 0.2) is 5.76 Å². The maximum atomic E-state index is 5.54. The van der Waals surface area contributed by atoms with Crippen LogP contribution >= 0.6 is 0 Å². The van der Waals surface area contributed by atoms with E-state index >= 15 is 0 Å². The Balaban J connectivity index is 2.67. The van der Waals surface area contributed by atoms with Gasteiger partial charge in [0.25, 0.3) is 0 Å². The molecule has 0 aliphatic carbocycles. The average molecular weight is 156 g/mol. The van der Waals surface area contributed by atoms with E-state index in [0.29, 0.717) is 18.1 Å². The predicted molar refractivity (Wildman–Crippen MR) is 41.0 cm³/mol. The molecule has 1 unspecified atom stereocenters. The highest BCUT2D eigenvalue weighted by Gasteiger charge is 2.12. The lowest BCUT2D eigenvalue weighted by atomic mass is 10.3. The Morgan fingerprint density at radius 3 is 3.00 bits per heavy atom. The van der Waals surface area contributed by atoms with Crippen LogP contribution in [0.4, 0.5) is 5.69 Å². The van der Waals surface area contributed by atoms with Crippen LogP contribution in [0.15, 0.2) is 10.7 Å². The molecule has 0 aliphatic heterocycles. The van der Waals surface area contributed by atoms with Crippen LogP contribution in [0.2, 0.25) is 0 Å². The van der Waals surface area contributed by atoms with Gasteiger partial charge >= 0.3 is 0 Å². The highest BCUT2D eigenvalue weighted by molar-refractivity contribution is 5.39. The second kappa shape index (κ2) is 3.39. The van der Waals surface area contributed by atoms with E-state index in [2.05, 4.69) is 5.16 Å². The summed E-state index contributed by atoms with van der Waals surface area (Å²) in [5.74, 6) is 0.604. The molecule has 0 saturated heterocycles. The number of hydrogen-bond acceptors (Lipinski definition) is 4. The van der Waals surface area contributed by atoms with Gasteiger partial charge in [0, 0.05) is 6.61 Å². The van der Waals surface area contributed by atoms with Gasteiger partial charge < -0.3 is 15.0 Å². The number of nitrogens with zero attached hydrogens (tertiary/aromatic N) is 1. The van der Waals surface area contributed by atoms with Crippen molar-refractivity contribution in [3.63, 3.8) is 0 Å². The summed E-state index contributed by atoms with van der Waals surface area (Å²) in [4.78, 5) is 0. The third-order valence-corrected chi connectivity index (χ3v) is 1.41. The fraction of sp³-hybridized carbons (Fsp3) is 0.571. The van der Waals surface area contributed by atoms with Crippen LogP contribution in [-0.2, 0) is 4.74 Å². The number of aromatic nitrogens is 1. The highest BCUT2D eigenvalue weighted by atomic mass is 16.5. The second-order valence-electron chi connectivity index (χ2n) is 2.24. The van der Waals surface area contributed by atoms with Crippen molar-refractivity contribution in [3.05, 3.63) is 12.0 Å². The average Bonchev–Trinajstić information content (AvgIpc) is 2.36. The minimum atomic E-state index is -0.109. The van der Waals surface area contributed by atoms with Crippen LogP contribution in [0.3, 0.4) is 0 Å². The summed E-state index contributed by atoms with van der Waals surface area (Å²) in [5.41, 5.74) is 6.08. The van der Waals surface area contributed by atoms with Gasteiger partial charge in [-0.25, -0.2) is 0 Å². The fourth-order valence-electron chi connectivity index (χ4n) is 0.891. The molecule has 0 amide bonds. The summed E-state index contributed by atoms with van der Waals surface area (Å²) in [5, 5.41) is 3.55. The Labute approximate surface area is 65.3 Å². The van der Waals surface area contributed by atoms with E-state index in [0.717, 1.165) is 0 Å². The van der Waals surface area contributed by atoms with Crippen molar-refractivity contribution < 1.29 is 9.26 Å². The first-order chi connectivity index (χ1) is 5.25. The zero-order valence-electron chi connectivity index (χ0n) is 6.70. The molecule has 62 valence electrons. The Hall–Kier alpha value is -1.03. The van der Waals surface area contributed by atoms with Crippen molar-refractivity contribution >= 4 is 5.69 Å². The Kier molecular flexibility index (Phi) is 2.48. The lowest BCUT2D eigenvalue weighted by Gasteiger charge is -2.07. The standard InChI is InChI=1S/C7H12N2O2/c1-3-10-5(2)7-6(8)4-9-11-7/h4-5H,3,8H2,1-2H3. The maximum Gasteiger partial charge on any atom is 0.187 e. The molecule has 0 aliphatic rings. The Morgan fingerprint density at radius 1 is 1.82 bits per heavy atom. The third-order valence-electron chi connectivity index (χ3n) is 1.41. The Morgan fingerprint density at radius 2 is 2.55 bits per heavy atom. The van der Waals surface area contributed by atoms with Crippen molar-refractivity contribution in [2.24, 2.45) is 0 Å². The molecule has 0 radical (unpaired) electrons. The first kappa shape index (κ1) is 8.07.